The lowest BCUT2D eigenvalue weighted by atomic mass is 10.1. The molecule has 82 valence electrons. The molecule has 0 fully saturated rings. The first kappa shape index (κ1) is 12.2. The number of hydrogen-bond acceptors (Lipinski definition) is 1. The number of anilines is 1. The number of thiocarbonyl (C=S) groups is 1. The van der Waals surface area contributed by atoms with Gasteiger partial charge in [0.2, 0.25) is 0 Å². The van der Waals surface area contributed by atoms with Crippen LogP contribution >= 0.6 is 12.2 Å². The molecule has 0 saturated carbocycles. The van der Waals surface area contributed by atoms with E-state index in [0.717, 1.165) is 17.1 Å². The first-order valence-electron chi connectivity index (χ1n) is 5.68. The summed E-state index contributed by atoms with van der Waals surface area (Å²) in [5.74, 6) is 0. The molecule has 1 N–H and O–H groups in total. The molecule has 0 saturated heterocycles. The van der Waals surface area contributed by atoms with Gasteiger partial charge in [-0.05, 0) is 25.0 Å². The Balaban J connectivity index is 2.19. The molecule has 0 aliphatic heterocycles. The van der Waals surface area contributed by atoms with E-state index in [-0.39, 0.29) is 0 Å². The van der Waals surface area contributed by atoms with Crippen LogP contribution in [0.4, 0.5) is 5.69 Å². The number of nitrogens with one attached hydrogen (secondary N) is 1. The number of unbranched alkanes of at least 4 members (excludes halogenated alkanes) is 3. The molecule has 2 heteroatoms. The number of benzene rings is 1. The predicted octanol–water partition coefficient (Wildman–Crippen LogP) is 4.40. The van der Waals surface area contributed by atoms with Crippen LogP contribution in [0.15, 0.2) is 30.3 Å². The molecule has 0 atom stereocenters. The average Bonchev–Trinajstić information content (AvgIpc) is 2.26. The van der Waals surface area contributed by atoms with Crippen LogP contribution in [-0.4, -0.2) is 4.99 Å². The molecule has 0 radical (unpaired) electrons. The highest BCUT2D eigenvalue weighted by Crippen LogP contribution is 2.09. The van der Waals surface area contributed by atoms with E-state index in [1.165, 1.54) is 25.7 Å². The van der Waals surface area contributed by atoms with Gasteiger partial charge in [0.05, 0.1) is 4.99 Å². The topological polar surface area (TPSA) is 12.0 Å². The maximum absolute atomic E-state index is 5.27. The van der Waals surface area contributed by atoms with E-state index in [4.69, 9.17) is 12.2 Å². The highest BCUT2D eigenvalue weighted by Gasteiger charge is 1.96. The molecule has 0 amide bonds. The predicted molar refractivity (Wildman–Crippen MR) is 71.4 cm³/mol. The minimum Gasteiger partial charge on any atom is -0.350 e. The first-order valence-corrected chi connectivity index (χ1v) is 6.08. The van der Waals surface area contributed by atoms with Crippen LogP contribution in [0.5, 0.6) is 0 Å². The first-order chi connectivity index (χ1) is 7.33. The zero-order valence-corrected chi connectivity index (χ0v) is 10.1. The molecule has 1 aromatic carbocycles. The van der Waals surface area contributed by atoms with E-state index in [1.807, 2.05) is 30.3 Å². The second-order valence-electron chi connectivity index (χ2n) is 3.72. The van der Waals surface area contributed by atoms with Crippen LogP contribution in [0.3, 0.4) is 0 Å². The summed E-state index contributed by atoms with van der Waals surface area (Å²) in [5.41, 5.74) is 1.10. The third-order valence-corrected chi connectivity index (χ3v) is 2.62. The quantitative estimate of drug-likeness (QED) is 0.564. The van der Waals surface area contributed by atoms with Gasteiger partial charge in [0.1, 0.15) is 0 Å². The molecule has 1 nitrogen and oxygen atoms in total. The van der Waals surface area contributed by atoms with Gasteiger partial charge in [-0.15, -0.1) is 0 Å². The van der Waals surface area contributed by atoms with Crippen molar-refractivity contribution in [3.63, 3.8) is 0 Å². The molecular weight excluding hydrogens is 202 g/mol. The largest absolute Gasteiger partial charge is 0.350 e. The monoisotopic (exact) mass is 221 g/mol. The van der Waals surface area contributed by atoms with E-state index < -0.39 is 0 Å². The van der Waals surface area contributed by atoms with E-state index in [9.17, 15) is 0 Å². The van der Waals surface area contributed by atoms with Crippen LogP contribution in [0.25, 0.3) is 0 Å². The molecule has 0 spiro atoms. The molecule has 1 rings (SSSR count). The highest BCUT2D eigenvalue weighted by molar-refractivity contribution is 7.80. The van der Waals surface area contributed by atoms with Crippen LogP contribution in [0.2, 0.25) is 0 Å². The van der Waals surface area contributed by atoms with E-state index in [0.29, 0.717) is 0 Å². The summed E-state index contributed by atoms with van der Waals surface area (Å²) in [7, 11) is 0. The van der Waals surface area contributed by atoms with Crippen molar-refractivity contribution in [3.8, 4) is 0 Å². The number of rotatable bonds is 6. The van der Waals surface area contributed by atoms with Gasteiger partial charge in [0, 0.05) is 5.69 Å². The van der Waals surface area contributed by atoms with E-state index in [1.54, 1.807) is 0 Å². The fraction of sp³-hybridized carbons (Fsp3) is 0.462. The van der Waals surface area contributed by atoms with Crippen LogP contribution in [-0.2, 0) is 0 Å². The second kappa shape index (κ2) is 7.41. The molecule has 0 aliphatic rings. The Labute approximate surface area is 97.9 Å². The smallest absolute Gasteiger partial charge is 0.0797 e. The van der Waals surface area contributed by atoms with E-state index >= 15 is 0 Å². The fourth-order valence-electron chi connectivity index (χ4n) is 1.46. The molecular formula is C13H19NS. The summed E-state index contributed by atoms with van der Waals surface area (Å²) in [5, 5.41) is 3.25. The molecule has 0 bridgehead atoms. The van der Waals surface area contributed by atoms with Crippen molar-refractivity contribution in [2.24, 2.45) is 0 Å². The summed E-state index contributed by atoms with van der Waals surface area (Å²) in [4.78, 5) is 0.956. The SMILES string of the molecule is CCCCCCC(=S)Nc1ccccc1. The zero-order valence-electron chi connectivity index (χ0n) is 9.33. The molecule has 0 heterocycles. The third kappa shape index (κ3) is 5.53. The molecule has 15 heavy (non-hydrogen) atoms. The van der Waals surface area contributed by atoms with Crippen molar-refractivity contribution in [2.45, 2.75) is 39.0 Å². The van der Waals surface area contributed by atoms with Crippen LogP contribution in [0, 0.1) is 0 Å². The van der Waals surface area contributed by atoms with Crippen molar-refractivity contribution in [2.75, 3.05) is 5.32 Å². The van der Waals surface area contributed by atoms with Gasteiger partial charge in [-0.25, -0.2) is 0 Å². The minimum atomic E-state index is 0.956. The van der Waals surface area contributed by atoms with Gasteiger partial charge in [0.15, 0.2) is 0 Å². The molecule has 0 aliphatic carbocycles. The highest BCUT2D eigenvalue weighted by atomic mass is 32.1. The second-order valence-corrected chi connectivity index (χ2v) is 4.22. The Morgan fingerprint density at radius 3 is 2.53 bits per heavy atom. The number of hydrogen-bond donors (Lipinski definition) is 1. The third-order valence-electron chi connectivity index (χ3n) is 2.31. The molecule has 0 unspecified atom stereocenters. The van der Waals surface area contributed by atoms with E-state index in [2.05, 4.69) is 12.2 Å². The lowest BCUT2D eigenvalue weighted by Gasteiger charge is -2.07. The van der Waals surface area contributed by atoms with Crippen molar-refractivity contribution in [3.05, 3.63) is 30.3 Å². The zero-order chi connectivity index (χ0) is 10.9. The lowest BCUT2D eigenvalue weighted by molar-refractivity contribution is 0.684. The van der Waals surface area contributed by atoms with Crippen LogP contribution in [0.1, 0.15) is 39.0 Å². The lowest BCUT2D eigenvalue weighted by Crippen LogP contribution is -2.08. The van der Waals surface area contributed by atoms with Gasteiger partial charge in [0.25, 0.3) is 0 Å². The van der Waals surface area contributed by atoms with Gasteiger partial charge in [-0.2, -0.15) is 0 Å². The average molecular weight is 221 g/mol. The Bertz CT molecular complexity index is 282. The maximum Gasteiger partial charge on any atom is 0.0797 e. The Morgan fingerprint density at radius 2 is 1.87 bits per heavy atom. The van der Waals surface area contributed by atoms with Gasteiger partial charge < -0.3 is 5.32 Å². The summed E-state index contributed by atoms with van der Waals surface area (Å²) in [6.45, 7) is 2.22. The molecule has 0 aromatic heterocycles. The van der Waals surface area contributed by atoms with Crippen molar-refractivity contribution < 1.29 is 0 Å². The van der Waals surface area contributed by atoms with Gasteiger partial charge in [-0.1, -0.05) is 56.6 Å². The minimum absolute atomic E-state index is 0.956. The van der Waals surface area contributed by atoms with Crippen molar-refractivity contribution in [1.82, 2.24) is 0 Å². The van der Waals surface area contributed by atoms with Crippen molar-refractivity contribution >= 4 is 22.9 Å². The number of para-hydroxylation sites is 1. The Hall–Kier alpha value is -0.890. The normalized spacial score (nSPS) is 9.93. The Kier molecular flexibility index (Phi) is 6.02. The van der Waals surface area contributed by atoms with Gasteiger partial charge >= 0.3 is 0 Å². The van der Waals surface area contributed by atoms with Crippen LogP contribution < -0.4 is 5.32 Å². The fourth-order valence-corrected chi connectivity index (χ4v) is 1.72. The van der Waals surface area contributed by atoms with Gasteiger partial charge in [-0.3, -0.25) is 0 Å². The summed E-state index contributed by atoms with van der Waals surface area (Å²) in [6, 6.07) is 10.1. The standard InChI is InChI=1S/C13H19NS/c1-2-3-4-8-11-13(15)14-12-9-6-5-7-10-12/h5-7,9-10H,2-4,8,11H2,1H3,(H,14,15). The summed E-state index contributed by atoms with van der Waals surface area (Å²) < 4.78 is 0. The summed E-state index contributed by atoms with van der Waals surface area (Å²) in [6.07, 6.45) is 6.08. The molecule has 1 aromatic rings. The maximum atomic E-state index is 5.27. The summed E-state index contributed by atoms with van der Waals surface area (Å²) >= 11 is 5.27. The van der Waals surface area contributed by atoms with Crippen molar-refractivity contribution in [1.29, 1.82) is 0 Å². The Morgan fingerprint density at radius 1 is 1.13 bits per heavy atom.